The summed E-state index contributed by atoms with van der Waals surface area (Å²) < 4.78 is 27.8. The number of anilines is 1. The van der Waals surface area contributed by atoms with Gasteiger partial charge in [0.05, 0.1) is 23.3 Å². The summed E-state index contributed by atoms with van der Waals surface area (Å²) in [5, 5.41) is 10.8. The molecule has 0 aliphatic rings. The van der Waals surface area contributed by atoms with Gasteiger partial charge >= 0.3 is 0 Å². The van der Waals surface area contributed by atoms with Crippen molar-refractivity contribution >= 4 is 15.7 Å². The molecule has 2 rings (SSSR count). The normalized spacial score (nSPS) is 11.6. The van der Waals surface area contributed by atoms with Crippen molar-refractivity contribution in [1.82, 2.24) is 19.7 Å². The molecule has 0 amide bonds. The number of hydrogen-bond acceptors (Lipinski definition) is 5. The SMILES string of the molecule is CNS(=O)(=O)c1cc(NCc2cnnn2C)ccc1C. The molecule has 0 radical (unpaired) electrons. The summed E-state index contributed by atoms with van der Waals surface area (Å²) in [6.07, 6.45) is 1.66. The fourth-order valence-corrected chi connectivity index (χ4v) is 2.77. The highest BCUT2D eigenvalue weighted by Crippen LogP contribution is 2.20. The first-order valence-corrected chi connectivity index (χ1v) is 7.54. The third-order valence-electron chi connectivity index (χ3n) is 3.03. The van der Waals surface area contributed by atoms with Gasteiger partial charge in [-0.1, -0.05) is 11.3 Å². The summed E-state index contributed by atoms with van der Waals surface area (Å²) in [4.78, 5) is 0.271. The monoisotopic (exact) mass is 295 g/mol. The summed E-state index contributed by atoms with van der Waals surface area (Å²) in [7, 11) is -0.251. The van der Waals surface area contributed by atoms with Crippen LogP contribution in [0.1, 0.15) is 11.3 Å². The van der Waals surface area contributed by atoms with E-state index in [1.54, 1.807) is 37.0 Å². The molecule has 0 aliphatic heterocycles. The fourth-order valence-electron chi connectivity index (χ4n) is 1.77. The van der Waals surface area contributed by atoms with Crippen molar-refractivity contribution < 1.29 is 8.42 Å². The van der Waals surface area contributed by atoms with Gasteiger partial charge in [0.25, 0.3) is 0 Å². The van der Waals surface area contributed by atoms with Crippen LogP contribution in [0, 0.1) is 6.92 Å². The minimum absolute atomic E-state index is 0.271. The topological polar surface area (TPSA) is 88.9 Å². The quantitative estimate of drug-likeness (QED) is 0.845. The second-order valence-electron chi connectivity index (χ2n) is 4.39. The molecule has 20 heavy (non-hydrogen) atoms. The van der Waals surface area contributed by atoms with Gasteiger partial charge in [-0.3, -0.25) is 4.68 Å². The lowest BCUT2D eigenvalue weighted by atomic mass is 10.2. The van der Waals surface area contributed by atoms with Crippen molar-refractivity contribution in [3.8, 4) is 0 Å². The third kappa shape index (κ3) is 2.97. The molecule has 0 bridgehead atoms. The Morgan fingerprint density at radius 2 is 2.10 bits per heavy atom. The van der Waals surface area contributed by atoms with E-state index in [4.69, 9.17) is 0 Å². The molecule has 0 unspecified atom stereocenters. The molecule has 1 aromatic carbocycles. The van der Waals surface area contributed by atoms with Crippen molar-refractivity contribution in [2.45, 2.75) is 18.4 Å². The maximum atomic E-state index is 11.9. The average molecular weight is 295 g/mol. The summed E-state index contributed by atoms with van der Waals surface area (Å²) >= 11 is 0. The molecule has 0 spiro atoms. The Kier molecular flexibility index (Phi) is 4.05. The van der Waals surface area contributed by atoms with Crippen molar-refractivity contribution in [3.05, 3.63) is 35.7 Å². The average Bonchev–Trinajstić information content (AvgIpc) is 2.83. The Morgan fingerprint density at radius 3 is 2.70 bits per heavy atom. The number of sulfonamides is 1. The molecule has 0 saturated heterocycles. The van der Waals surface area contributed by atoms with Crippen LogP contribution in [0.4, 0.5) is 5.69 Å². The first-order valence-electron chi connectivity index (χ1n) is 6.05. The summed E-state index contributed by atoms with van der Waals surface area (Å²) in [5.41, 5.74) is 2.33. The van der Waals surface area contributed by atoms with E-state index in [9.17, 15) is 8.42 Å². The summed E-state index contributed by atoms with van der Waals surface area (Å²) in [6.45, 7) is 2.28. The highest BCUT2D eigenvalue weighted by Gasteiger charge is 2.15. The maximum Gasteiger partial charge on any atom is 0.240 e. The van der Waals surface area contributed by atoms with Gasteiger partial charge in [0.15, 0.2) is 0 Å². The largest absolute Gasteiger partial charge is 0.379 e. The molecule has 0 saturated carbocycles. The molecule has 1 heterocycles. The van der Waals surface area contributed by atoms with Crippen LogP contribution < -0.4 is 10.0 Å². The highest BCUT2D eigenvalue weighted by molar-refractivity contribution is 7.89. The number of nitrogens with zero attached hydrogens (tertiary/aromatic N) is 3. The minimum Gasteiger partial charge on any atom is -0.379 e. The zero-order valence-corrected chi connectivity index (χ0v) is 12.4. The van der Waals surface area contributed by atoms with Gasteiger partial charge in [-0.15, -0.1) is 5.10 Å². The smallest absolute Gasteiger partial charge is 0.240 e. The van der Waals surface area contributed by atoms with Crippen LogP contribution in [-0.2, 0) is 23.6 Å². The molecular weight excluding hydrogens is 278 g/mol. The van der Waals surface area contributed by atoms with Gasteiger partial charge in [0.1, 0.15) is 0 Å². The zero-order chi connectivity index (χ0) is 14.8. The van der Waals surface area contributed by atoms with Gasteiger partial charge in [-0.05, 0) is 31.7 Å². The minimum atomic E-state index is -3.45. The lowest BCUT2D eigenvalue weighted by molar-refractivity contribution is 0.587. The van der Waals surface area contributed by atoms with E-state index in [-0.39, 0.29) is 4.90 Å². The fraction of sp³-hybridized carbons (Fsp3) is 0.333. The van der Waals surface area contributed by atoms with E-state index >= 15 is 0 Å². The Labute approximate surface area is 118 Å². The molecule has 8 heteroatoms. The van der Waals surface area contributed by atoms with Crippen LogP contribution in [0.25, 0.3) is 0 Å². The number of nitrogens with one attached hydrogen (secondary N) is 2. The van der Waals surface area contributed by atoms with Gasteiger partial charge in [-0.25, -0.2) is 13.1 Å². The Bertz CT molecular complexity index is 708. The van der Waals surface area contributed by atoms with E-state index in [1.807, 2.05) is 6.07 Å². The molecule has 0 fully saturated rings. The van der Waals surface area contributed by atoms with Crippen LogP contribution in [0.3, 0.4) is 0 Å². The highest BCUT2D eigenvalue weighted by atomic mass is 32.2. The number of aryl methyl sites for hydroxylation is 2. The molecule has 108 valence electrons. The van der Waals surface area contributed by atoms with E-state index < -0.39 is 10.0 Å². The molecular formula is C12H17N5O2S. The predicted octanol–water partition coefficient (Wildman–Crippen LogP) is 0.644. The van der Waals surface area contributed by atoms with Crippen molar-refractivity contribution in [3.63, 3.8) is 0 Å². The summed E-state index contributed by atoms with van der Waals surface area (Å²) in [6, 6.07) is 5.23. The Balaban J connectivity index is 2.22. The van der Waals surface area contributed by atoms with Crippen LogP contribution >= 0.6 is 0 Å². The van der Waals surface area contributed by atoms with E-state index in [1.165, 1.54) is 7.05 Å². The van der Waals surface area contributed by atoms with Gasteiger partial charge in [0.2, 0.25) is 10.0 Å². The molecule has 7 nitrogen and oxygen atoms in total. The van der Waals surface area contributed by atoms with E-state index in [0.29, 0.717) is 12.1 Å². The van der Waals surface area contributed by atoms with Crippen molar-refractivity contribution in [2.75, 3.05) is 12.4 Å². The van der Waals surface area contributed by atoms with Gasteiger partial charge in [-0.2, -0.15) is 0 Å². The third-order valence-corrected chi connectivity index (χ3v) is 4.58. The second-order valence-corrected chi connectivity index (χ2v) is 6.25. The maximum absolute atomic E-state index is 11.9. The first kappa shape index (κ1) is 14.5. The van der Waals surface area contributed by atoms with Gasteiger partial charge < -0.3 is 5.32 Å². The number of hydrogen-bond donors (Lipinski definition) is 2. The number of rotatable bonds is 5. The number of aromatic nitrogens is 3. The van der Waals surface area contributed by atoms with Crippen LogP contribution in [0.5, 0.6) is 0 Å². The van der Waals surface area contributed by atoms with Gasteiger partial charge in [0, 0.05) is 12.7 Å². The van der Waals surface area contributed by atoms with Crippen molar-refractivity contribution in [1.29, 1.82) is 0 Å². The lowest BCUT2D eigenvalue weighted by Crippen LogP contribution is -2.19. The molecule has 1 aromatic heterocycles. The Hall–Kier alpha value is -1.93. The standard InChI is InChI=1S/C12H17N5O2S/c1-9-4-5-10(6-12(9)20(18,19)13-2)14-7-11-8-15-16-17(11)3/h4-6,8,13-14H,7H2,1-3H3. The summed E-state index contributed by atoms with van der Waals surface area (Å²) in [5.74, 6) is 0. The Morgan fingerprint density at radius 1 is 1.35 bits per heavy atom. The molecule has 2 N–H and O–H groups in total. The van der Waals surface area contributed by atoms with Crippen molar-refractivity contribution in [2.24, 2.45) is 7.05 Å². The van der Waals surface area contributed by atoms with Crippen LogP contribution in [0.15, 0.2) is 29.3 Å². The lowest BCUT2D eigenvalue weighted by Gasteiger charge is -2.11. The zero-order valence-electron chi connectivity index (χ0n) is 11.6. The van der Waals surface area contributed by atoms with E-state index in [2.05, 4.69) is 20.4 Å². The molecule has 0 aliphatic carbocycles. The van der Waals surface area contributed by atoms with Crippen LogP contribution in [-0.4, -0.2) is 30.5 Å². The first-order chi connectivity index (χ1) is 9.44. The number of benzene rings is 1. The second kappa shape index (κ2) is 5.59. The molecule has 0 atom stereocenters. The van der Waals surface area contributed by atoms with Crippen LogP contribution in [0.2, 0.25) is 0 Å². The predicted molar refractivity (Wildman–Crippen MR) is 75.8 cm³/mol. The van der Waals surface area contributed by atoms with E-state index in [0.717, 1.165) is 11.4 Å². The molecule has 2 aromatic rings.